The Morgan fingerprint density at radius 3 is 2.31 bits per heavy atom. The van der Waals surface area contributed by atoms with Crippen LogP contribution in [0.15, 0.2) is 41.8 Å². The molecule has 1 aromatic heterocycles. The van der Waals surface area contributed by atoms with Crippen molar-refractivity contribution in [2.24, 2.45) is 0 Å². The number of hydrogen-bond donors (Lipinski definition) is 3. The lowest BCUT2D eigenvalue weighted by atomic mass is 9.97. The van der Waals surface area contributed by atoms with Gasteiger partial charge in [-0.2, -0.15) is 0 Å². The van der Waals surface area contributed by atoms with Crippen LogP contribution in [0.1, 0.15) is 51.3 Å². The van der Waals surface area contributed by atoms with Crippen LogP contribution in [0.4, 0.5) is 0 Å². The van der Waals surface area contributed by atoms with Crippen LogP contribution in [0.5, 0.6) is 0 Å². The van der Waals surface area contributed by atoms with Crippen molar-refractivity contribution in [3.63, 3.8) is 0 Å². The Kier molecular flexibility index (Phi) is 5.37. The van der Waals surface area contributed by atoms with E-state index in [9.17, 15) is 19.5 Å². The normalized spacial score (nSPS) is 15.4. The van der Waals surface area contributed by atoms with E-state index in [4.69, 9.17) is 0 Å². The van der Waals surface area contributed by atoms with Crippen molar-refractivity contribution in [1.29, 1.82) is 0 Å². The molecule has 0 unspecified atom stereocenters. The molecule has 7 heteroatoms. The highest BCUT2D eigenvalue weighted by Crippen LogP contribution is 2.30. The number of thiophene rings is 1. The van der Waals surface area contributed by atoms with Crippen LogP contribution in [-0.2, 0) is 11.3 Å². The Bertz CT molecular complexity index is 793. The second-order valence-electron chi connectivity index (χ2n) is 6.41. The van der Waals surface area contributed by atoms with Crippen LogP contribution in [0.2, 0.25) is 0 Å². The number of carbonyl (C=O) groups is 3. The highest BCUT2D eigenvalue weighted by atomic mass is 32.1. The zero-order chi connectivity index (χ0) is 18.6. The molecule has 6 nitrogen and oxygen atoms in total. The molecule has 1 aliphatic carbocycles. The van der Waals surface area contributed by atoms with Gasteiger partial charge >= 0.3 is 5.97 Å². The van der Waals surface area contributed by atoms with Crippen molar-refractivity contribution in [2.45, 2.75) is 37.8 Å². The van der Waals surface area contributed by atoms with Gasteiger partial charge in [-0.15, -0.1) is 11.3 Å². The van der Waals surface area contributed by atoms with Crippen molar-refractivity contribution in [3.05, 3.63) is 57.8 Å². The zero-order valence-corrected chi connectivity index (χ0v) is 15.0. The number of amides is 2. The fraction of sp³-hybridized carbons (Fsp3) is 0.316. The molecule has 3 N–H and O–H groups in total. The average molecular weight is 372 g/mol. The number of hydrogen-bond acceptors (Lipinski definition) is 4. The number of carboxylic acid groups (broad SMARTS) is 1. The summed E-state index contributed by atoms with van der Waals surface area (Å²) in [7, 11) is 0. The average Bonchev–Trinajstić information content (AvgIpc) is 3.32. The lowest BCUT2D eigenvalue weighted by Gasteiger charge is -2.25. The van der Waals surface area contributed by atoms with E-state index < -0.39 is 11.5 Å². The van der Waals surface area contributed by atoms with Crippen LogP contribution in [-0.4, -0.2) is 28.4 Å². The topological polar surface area (TPSA) is 95.5 Å². The van der Waals surface area contributed by atoms with E-state index in [-0.39, 0.29) is 11.8 Å². The van der Waals surface area contributed by atoms with Gasteiger partial charge in [-0.1, -0.05) is 31.0 Å². The van der Waals surface area contributed by atoms with E-state index in [0.29, 0.717) is 29.8 Å². The number of carbonyl (C=O) groups excluding carboxylic acids is 2. The van der Waals surface area contributed by atoms with Crippen LogP contribution < -0.4 is 10.6 Å². The summed E-state index contributed by atoms with van der Waals surface area (Å²) in [5.74, 6) is -1.49. The summed E-state index contributed by atoms with van der Waals surface area (Å²) in [6, 6.07) is 10.4. The van der Waals surface area contributed by atoms with Gasteiger partial charge in [-0.05, 0) is 42.0 Å². The molecule has 26 heavy (non-hydrogen) atoms. The summed E-state index contributed by atoms with van der Waals surface area (Å²) in [5.41, 5.74) is 0.121. The third kappa shape index (κ3) is 3.94. The molecular formula is C19H20N2O4S. The van der Waals surface area contributed by atoms with Crippen LogP contribution in [0.25, 0.3) is 0 Å². The molecule has 0 bridgehead atoms. The number of carboxylic acids is 1. The Balaban J connectivity index is 1.59. The maximum Gasteiger partial charge on any atom is 0.329 e. The molecule has 2 aromatic rings. The van der Waals surface area contributed by atoms with E-state index in [1.807, 2.05) is 11.4 Å². The molecule has 1 aromatic carbocycles. The second-order valence-corrected chi connectivity index (χ2v) is 7.35. The predicted octanol–water partition coefficient (Wildman–Crippen LogP) is 2.81. The lowest BCUT2D eigenvalue weighted by molar-refractivity contribution is -0.144. The Labute approximate surface area is 155 Å². The van der Waals surface area contributed by atoms with Gasteiger partial charge in [0.2, 0.25) is 0 Å². The number of rotatable bonds is 6. The van der Waals surface area contributed by atoms with Crippen LogP contribution >= 0.6 is 11.3 Å². The first-order valence-corrected chi connectivity index (χ1v) is 9.35. The molecule has 2 amide bonds. The largest absolute Gasteiger partial charge is 0.480 e. The Hall–Kier alpha value is -2.67. The summed E-state index contributed by atoms with van der Waals surface area (Å²) >= 11 is 1.38. The molecule has 1 aliphatic rings. The maximum atomic E-state index is 12.4. The highest BCUT2D eigenvalue weighted by Gasteiger charge is 2.42. The molecule has 1 heterocycles. The van der Waals surface area contributed by atoms with Gasteiger partial charge in [0.1, 0.15) is 5.54 Å². The van der Waals surface area contributed by atoms with Crippen LogP contribution in [0.3, 0.4) is 0 Å². The van der Waals surface area contributed by atoms with Gasteiger partial charge in [-0.3, -0.25) is 9.59 Å². The van der Waals surface area contributed by atoms with Gasteiger partial charge in [-0.25, -0.2) is 4.79 Å². The van der Waals surface area contributed by atoms with E-state index >= 15 is 0 Å². The van der Waals surface area contributed by atoms with E-state index in [0.717, 1.165) is 18.4 Å². The van der Waals surface area contributed by atoms with Gasteiger partial charge in [0.15, 0.2) is 0 Å². The smallest absolute Gasteiger partial charge is 0.329 e. The summed E-state index contributed by atoms with van der Waals surface area (Å²) in [6.07, 6.45) is 2.52. The minimum absolute atomic E-state index is 0.133. The molecule has 0 atom stereocenters. The summed E-state index contributed by atoms with van der Waals surface area (Å²) in [4.78, 5) is 36.5. The zero-order valence-electron chi connectivity index (χ0n) is 14.2. The maximum absolute atomic E-state index is 12.4. The molecule has 1 fully saturated rings. The summed E-state index contributed by atoms with van der Waals surface area (Å²) < 4.78 is 0. The first-order chi connectivity index (χ1) is 12.5. The SMILES string of the molecule is O=C(NC1(C(=O)O)CCCC1)c1ccc(CNC(=O)c2cccs2)cc1. The van der Waals surface area contributed by atoms with E-state index in [1.165, 1.54) is 11.3 Å². The molecule has 0 saturated heterocycles. The summed E-state index contributed by atoms with van der Waals surface area (Å²) in [5, 5.41) is 16.8. The predicted molar refractivity (Wildman–Crippen MR) is 98.2 cm³/mol. The van der Waals surface area contributed by atoms with Gasteiger partial charge < -0.3 is 15.7 Å². The molecule has 1 saturated carbocycles. The van der Waals surface area contributed by atoms with E-state index in [2.05, 4.69) is 10.6 Å². The molecule has 0 radical (unpaired) electrons. The Morgan fingerprint density at radius 2 is 1.73 bits per heavy atom. The minimum Gasteiger partial charge on any atom is -0.480 e. The Morgan fingerprint density at radius 1 is 1.04 bits per heavy atom. The first kappa shape index (κ1) is 18.1. The monoisotopic (exact) mass is 372 g/mol. The molecular weight excluding hydrogens is 352 g/mol. The fourth-order valence-electron chi connectivity index (χ4n) is 3.11. The van der Waals surface area contributed by atoms with Crippen molar-refractivity contribution in [1.82, 2.24) is 10.6 Å². The molecule has 0 spiro atoms. The second kappa shape index (κ2) is 7.70. The van der Waals surface area contributed by atoms with Crippen molar-refractivity contribution in [2.75, 3.05) is 0 Å². The van der Waals surface area contributed by atoms with E-state index in [1.54, 1.807) is 30.3 Å². The van der Waals surface area contributed by atoms with Gasteiger partial charge in [0, 0.05) is 12.1 Å². The molecule has 3 rings (SSSR count). The molecule has 0 aliphatic heterocycles. The highest BCUT2D eigenvalue weighted by molar-refractivity contribution is 7.12. The third-order valence-electron chi connectivity index (χ3n) is 4.63. The lowest BCUT2D eigenvalue weighted by Crippen LogP contribution is -2.52. The number of nitrogens with one attached hydrogen (secondary N) is 2. The molecule has 136 valence electrons. The first-order valence-electron chi connectivity index (χ1n) is 8.47. The van der Waals surface area contributed by atoms with Gasteiger partial charge in [0.05, 0.1) is 4.88 Å². The number of aliphatic carboxylic acids is 1. The minimum atomic E-state index is -1.15. The van der Waals surface area contributed by atoms with Crippen molar-refractivity contribution < 1.29 is 19.5 Å². The van der Waals surface area contributed by atoms with Crippen molar-refractivity contribution >= 4 is 29.1 Å². The van der Waals surface area contributed by atoms with Crippen LogP contribution in [0, 0.1) is 0 Å². The number of benzene rings is 1. The standard InChI is InChI=1S/C19H20N2O4S/c22-16(21-19(18(24)25)9-1-2-10-19)14-7-5-13(6-8-14)12-20-17(23)15-4-3-11-26-15/h3-8,11H,1-2,9-10,12H2,(H,20,23)(H,21,22)(H,24,25). The fourth-order valence-corrected chi connectivity index (χ4v) is 3.75. The third-order valence-corrected chi connectivity index (χ3v) is 5.50. The van der Waals surface area contributed by atoms with Crippen molar-refractivity contribution in [3.8, 4) is 0 Å². The summed E-state index contributed by atoms with van der Waals surface area (Å²) in [6.45, 7) is 0.359. The van der Waals surface area contributed by atoms with Gasteiger partial charge in [0.25, 0.3) is 11.8 Å². The quantitative estimate of drug-likeness (QED) is 0.727.